The molecule has 1 saturated heterocycles. The van der Waals surface area contributed by atoms with Crippen LogP contribution >= 0.6 is 0 Å². The summed E-state index contributed by atoms with van der Waals surface area (Å²) in [5.41, 5.74) is -2.21. The van der Waals surface area contributed by atoms with Crippen molar-refractivity contribution in [1.29, 1.82) is 0 Å². The van der Waals surface area contributed by atoms with E-state index < -0.39 is 28.5 Å². The summed E-state index contributed by atoms with van der Waals surface area (Å²) in [4.78, 5) is 40.3. The van der Waals surface area contributed by atoms with Gasteiger partial charge in [-0.2, -0.15) is 0 Å². The number of benzene rings is 1. The minimum atomic E-state index is -1.46. The molecule has 148 valence electrons. The number of esters is 1. The molecule has 0 aromatic heterocycles. The fraction of sp³-hybridized carbons (Fsp3) is 0.571. The van der Waals surface area contributed by atoms with E-state index in [0.29, 0.717) is 0 Å². The molecule has 1 fully saturated rings. The molecule has 1 aromatic carbocycles. The van der Waals surface area contributed by atoms with Gasteiger partial charge in [-0.1, -0.05) is 44.2 Å². The summed E-state index contributed by atoms with van der Waals surface area (Å²) in [6.45, 7) is 8.96. The van der Waals surface area contributed by atoms with Gasteiger partial charge in [0.05, 0.1) is 7.11 Å². The average Bonchev–Trinajstić information content (AvgIpc) is 2.57. The van der Waals surface area contributed by atoms with Crippen LogP contribution in [0.5, 0.6) is 0 Å². The van der Waals surface area contributed by atoms with Crippen molar-refractivity contribution in [3.05, 3.63) is 35.9 Å². The van der Waals surface area contributed by atoms with Gasteiger partial charge in [0.2, 0.25) is 0 Å². The van der Waals surface area contributed by atoms with E-state index in [1.807, 2.05) is 30.3 Å². The van der Waals surface area contributed by atoms with Gasteiger partial charge in [-0.25, -0.2) is 4.79 Å². The number of piperidine rings is 1. The lowest BCUT2D eigenvalue weighted by molar-refractivity contribution is -0.167. The van der Waals surface area contributed by atoms with E-state index >= 15 is 0 Å². The van der Waals surface area contributed by atoms with Crippen LogP contribution in [0.2, 0.25) is 0 Å². The normalized spacial score (nSPS) is 22.3. The largest absolute Gasteiger partial charge is 0.468 e. The fourth-order valence-electron chi connectivity index (χ4n) is 3.61. The molecule has 0 radical (unpaired) electrons. The SMILES string of the molecule is COC(=O)C1(Cc2ccccc2)CN(C(=O)OC(C)(C)C)CC(C)(C)C1=O. The third-order valence-corrected chi connectivity index (χ3v) is 4.67. The quantitative estimate of drug-likeness (QED) is 0.599. The lowest BCUT2D eigenvalue weighted by Gasteiger charge is -2.46. The van der Waals surface area contributed by atoms with Crippen molar-refractivity contribution in [2.75, 3.05) is 20.2 Å². The van der Waals surface area contributed by atoms with E-state index in [9.17, 15) is 14.4 Å². The first-order chi connectivity index (χ1) is 12.4. The van der Waals surface area contributed by atoms with Gasteiger partial charge in [0.15, 0.2) is 5.78 Å². The van der Waals surface area contributed by atoms with Gasteiger partial charge in [0.1, 0.15) is 11.0 Å². The molecule has 27 heavy (non-hydrogen) atoms. The van der Waals surface area contributed by atoms with Gasteiger partial charge >= 0.3 is 12.1 Å². The Morgan fingerprint density at radius 2 is 1.70 bits per heavy atom. The number of hydrogen-bond acceptors (Lipinski definition) is 5. The summed E-state index contributed by atoms with van der Waals surface area (Å²) in [5.74, 6) is -0.844. The summed E-state index contributed by atoms with van der Waals surface area (Å²) in [6, 6.07) is 9.29. The summed E-state index contributed by atoms with van der Waals surface area (Å²) < 4.78 is 10.5. The number of rotatable bonds is 3. The van der Waals surface area contributed by atoms with Crippen molar-refractivity contribution in [3.8, 4) is 0 Å². The van der Waals surface area contributed by atoms with Crippen molar-refractivity contribution in [3.63, 3.8) is 0 Å². The summed E-state index contributed by atoms with van der Waals surface area (Å²) >= 11 is 0. The number of likely N-dealkylation sites (tertiary alicyclic amines) is 1. The number of amides is 1. The highest BCUT2D eigenvalue weighted by molar-refractivity contribution is 6.08. The molecular formula is C21H29NO5. The van der Waals surface area contributed by atoms with Crippen LogP contribution in [0.3, 0.4) is 0 Å². The Bertz CT molecular complexity index is 720. The minimum Gasteiger partial charge on any atom is -0.468 e. The molecule has 1 heterocycles. The van der Waals surface area contributed by atoms with Crippen molar-refractivity contribution < 1.29 is 23.9 Å². The van der Waals surface area contributed by atoms with Crippen molar-refractivity contribution in [2.45, 2.75) is 46.6 Å². The Hall–Kier alpha value is -2.37. The first-order valence-corrected chi connectivity index (χ1v) is 9.06. The van der Waals surface area contributed by atoms with E-state index in [2.05, 4.69) is 0 Å². The molecule has 1 aliphatic rings. The second kappa shape index (κ2) is 7.33. The lowest BCUT2D eigenvalue weighted by Crippen LogP contribution is -2.63. The third kappa shape index (κ3) is 4.49. The van der Waals surface area contributed by atoms with Gasteiger partial charge in [0.25, 0.3) is 0 Å². The number of nitrogens with zero attached hydrogens (tertiary/aromatic N) is 1. The molecule has 0 N–H and O–H groups in total. The van der Waals surface area contributed by atoms with E-state index in [1.165, 1.54) is 12.0 Å². The molecule has 0 bridgehead atoms. The summed E-state index contributed by atoms with van der Waals surface area (Å²) in [6.07, 6.45) is -0.369. The topological polar surface area (TPSA) is 72.9 Å². The van der Waals surface area contributed by atoms with Crippen LogP contribution in [0.15, 0.2) is 30.3 Å². The van der Waals surface area contributed by atoms with E-state index in [1.54, 1.807) is 34.6 Å². The van der Waals surface area contributed by atoms with Gasteiger partial charge in [-0.15, -0.1) is 0 Å². The Morgan fingerprint density at radius 3 is 2.22 bits per heavy atom. The van der Waals surface area contributed by atoms with Crippen LogP contribution in [-0.4, -0.2) is 48.5 Å². The van der Waals surface area contributed by atoms with Crippen molar-refractivity contribution >= 4 is 17.8 Å². The van der Waals surface area contributed by atoms with Gasteiger partial charge < -0.3 is 14.4 Å². The molecule has 6 nitrogen and oxygen atoms in total. The zero-order valence-corrected chi connectivity index (χ0v) is 17.0. The standard InChI is InChI=1S/C21H29NO5/c1-19(2,3)27-18(25)22-13-20(4,5)16(23)21(14-22,17(24)26-6)12-15-10-8-7-9-11-15/h7-11H,12-14H2,1-6H3. The van der Waals surface area contributed by atoms with E-state index in [0.717, 1.165) is 5.56 Å². The van der Waals surface area contributed by atoms with Crippen molar-refractivity contribution in [1.82, 2.24) is 4.90 Å². The van der Waals surface area contributed by atoms with Crippen LogP contribution in [0.25, 0.3) is 0 Å². The lowest BCUT2D eigenvalue weighted by atomic mass is 9.65. The minimum absolute atomic E-state index is 0.0637. The number of carbonyl (C=O) groups is 3. The Balaban J connectivity index is 2.47. The predicted molar refractivity (Wildman–Crippen MR) is 101 cm³/mol. The number of ether oxygens (including phenoxy) is 2. The molecular weight excluding hydrogens is 346 g/mol. The second-order valence-electron chi connectivity index (χ2n) is 8.79. The van der Waals surface area contributed by atoms with Crippen LogP contribution in [-0.2, 0) is 25.5 Å². The number of carbonyl (C=O) groups excluding carboxylic acids is 3. The molecule has 1 aliphatic heterocycles. The maximum absolute atomic E-state index is 13.3. The van der Waals surface area contributed by atoms with Gasteiger partial charge in [-0.05, 0) is 32.8 Å². The van der Waals surface area contributed by atoms with Gasteiger partial charge in [0, 0.05) is 18.5 Å². The second-order valence-corrected chi connectivity index (χ2v) is 8.79. The van der Waals surface area contributed by atoms with Crippen LogP contribution in [0, 0.1) is 10.8 Å². The molecule has 1 aromatic rings. The molecule has 0 aliphatic carbocycles. The summed E-state index contributed by atoms with van der Waals surface area (Å²) in [7, 11) is 1.27. The highest BCUT2D eigenvalue weighted by Crippen LogP contribution is 2.40. The number of Topliss-reactive ketones (excluding diaryl/α,β-unsaturated/α-hetero) is 1. The van der Waals surface area contributed by atoms with E-state index in [-0.39, 0.29) is 25.3 Å². The maximum atomic E-state index is 13.3. The van der Waals surface area contributed by atoms with Crippen LogP contribution in [0.1, 0.15) is 40.2 Å². The maximum Gasteiger partial charge on any atom is 0.410 e. The van der Waals surface area contributed by atoms with Gasteiger partial charge in [-0.3, -0.25) is 9.59 Å². The Morgan fingerprint density at radius 1 is 1.11 bits per heavy atom. The molecule has 1 unspecified atom stereocenters. The third-order valence-electron chi connectivity index (χ3n) is 4.67. The fourth-order valence-corrected chi connectivity index (χ4v) is 3.61. The Labute approximate surface area is 160 Å². The number of hydrogen-bond donors (Lipinski definition) is 0. The number of ketones is 1. The molecule has 1 amide bonds. The van der Waals surface area contributed by atoms with Crippen LogP contribution in [0.4, 0.5) is 4.79 Å². The molecule has 2 rings (SSSR count). The first-order valence-electron chi connectivity index (χ1n) is 9.06. The zero-order valence-electron chi connectivity index (χ0n) is 17.0. The van der Waals surface area contributed by atoms with Crippen molar-refractivity contribution in [2.24, 2.45) is 10.8 Å². The first kappa shape index (κ1) is 20.9. The smallest absolute Gasteiger partial charge is 0.410 e. The van der Waals surface area contributed by atoms with Crippen LogP contribution < -0.4 is 0 Å². The highest BCUT2D eigenvalue weighted by Gasteiger charge is 2.58. The zero-order chi connectivity index (χ0) is 20.5. The highest BCUT2D eigenvalue weighted by atomic mass is 16.6. The predicted octanol–water partition coefficient (Wildman–Crippen LogP) is 3.23. The molecule has 0 spiro atoms. The summed E-state index contributed by atoms with van der Waals surface area (Å²) in [5, 5.41) is 0. The molecule has 1 atom stereocenters. The monoisotopic (exact) mass is 375 g/mol. The molecule has 0 saturated carbocycles. The van der Waals surface area contributed by atoms with E-state index in [4.69, 9.17) is 9.47 Å². The Kier molecular flexibility index (Phi) is 5.68. The average molecular weight is 375 g/mol. The molecule has 6 heteroatoms. The number of methoxy groups -OCH3 is 1.